The molecular formula is C22H28N2O5S. The number of nitrogens with one attached hydrogen (secondary N) is 2. The molecular weight excluding hydrogens is 404 g/mol. The SMILES string of the molecule is CCC(C)NC(=O)CCNC(=O)c1ccc(OS(=O)(=O)c2cc(C)ccc2C)cc1. The number of hydrogen-bond acceptors (Lipinski definition) is 5. The van der Waals surface area contributed by atoms with Gasteiger partial charge in [-0.05, 0) is 68.7 Å². The summed E-state index contributed by atoms with van der Waals surface area (Å²) in [6.45, 7) is 7.61. The Morgan fingerprint density at radius 2 is 1.73 bits per heavy atom. The van der Waals surface area contributed by atoms with Crippen LogP contribution in [0.25, 0.3) is 0 Å². The predicted molar refractivity (Wildman–Crippen MR) is 115 cm³/mol. The monoisotopic (exact) mass is 432 g/mol. The molecule has 0 aromatic heterocycles. The number of carbonyl (C=O) groups excluding carboxylic acids is 2. The summed E-state index contributed by atoms with van der Waals surface area (Å²) < 4.78 is 30.3. The number of carbonyl (C=O) groups is 2. The molecule has 0 aliphatic heterocycles. The van der Waals surface area contributed by atoms with Gasteiger partial charge in [0, 0.05) is 24.6 Å². The number of rotatable bonds is 9. The van der Waals surface area contributed by atoms with Crippen LogP contribution in [0.3, 0.4) is 0 Å². The molecule has 162 valence electrons. The predicted octanol–water partition coefficient (Wildman–Crippen LogP) is 3.11. The molecule has 8 heteroatoms. The Balaban J connectivity index is 1.95. The second-order valence-corrected chi connectivity index (χ2v) is 8.73. The lowest BCUT2D eigenvalue weighted by atomic mass is 10.2. The summed E-state index contributed by atoms with van der Waals surface area (Å²) in [5, 5.41) is 5.50. The van der Waals surface area contributed by atoms with Crippen LogP contribution in [0.2, 0.25) is 0 Å². The third-order valence-corrected chi connectivity index (χ3v) is 5.98. The second-order valence-electron chi connectivity index (χ2n) is 7.21. The van der Waals surface area contributed by atoms with Gasteiger partial charge in [0.05, 0.1) is 0 Å². The molecule has 1 atom stereocenters. The first kappa shape index (κ1) is 23.4. The Morgan fingerprint density at radius 3 is 2.37 bits per heavy atom. The van der Waals surface area contributed by atoms with Gasteiger partial charge in [-0.3, -0.25) is 9.59 Å². The van der Waals surface area contributed by atoms with E-state index in [0.717, 1.165) is 12.0 Å². The zero-order valence-electron chi connectivity index (χ0n) is 17.7. The standard InChI is InChI=1S/C22H28N2O5S/c1-5-17(4)24-21(25)12-13-23-22(26)18-8-10-19(11-9-18)29-30(27,28)20-14-15(2)6-7-16(20)3/h6-11,14,17H,5,12-13H2,1-4H3,(H,23,26)(H,24,25). The van der Waals surface area contributed by atoms with E-state index in [4.69, 9.17) is 4.18 Å². The number of benzene rings is 2. The van der Waals surface area contributed by atoms with Gasteiger partial charge in [-0.2, -0.15) is 8.42 Å². The molecule has 7 nitrogen and oxygen atoms in total. The van der Waals surface area contributed by atoms with Crippen LogP contribution in [0.4, 0.5) is 0 Å². The third kappa shape index (κ3) is 6.59. The molecule has 0 saturated heterocycles. The van der Waals surface area contributed by atoms with Gasteiger partial charge in [0.25, 0.3) is 5.91 Å². The third-order valence-electron chi connectivity index (χ3n) is 4.59. The molecule has 1 unspecified atom stereocenters. The summed E-state index contributed by atoms with van der Waals surface area (Å²) in [5.74, 6) is -0.360. The van der Waals surface area contributed by atoms with Crippen LogP contribution in [0.15, 0.2) is 47.4 Å². The minimum Gasteiger partial charge on any atom is -0.379 e. The van der Waals surface area contributed by atoms with Crippen molar-refractivity contribution in [2.45, 2.75) is 51.5 Å². The largest absolute Gasteiger partial charge is 0.379 e. The van der Waals surface area contributed by atoms with Gasteiger partial charge in [-0.15, -0.1) is 0 Å². The minimum atomic E-state index is -3.98. The van der Waals surface area contributed by atoms with Crippen molar-refractivity contribution >= 4 is 21.9 Å². The fourth-order valence-electron chi connectivity index (χ4n) is 2.65. The molecule has 0 radical (unpaired) electrons. The minimum absolute atomic E-state index is 0.0978. The van der Waals surface area contributed by atoms with Gasteiger partial charge in [0.15, 0.2) is 0 Å². The number of aryl methyl sites for hydroxylation is 2. The van der Waals surface area contributed by atoms with E-state index in [0.29, 0.717) is 11.1 Å². The van der Waals surface area contributed by atoms with E-state index in [2.05, 4.69) is 10.6 Å². The topological polar surface area (TPSA) is 102 Å². The van der Waals surface area contributed by atoms with E-state index in [9.17, 15) is 18.0 Å². The van der Waals surface area contributed by atoms with Gasteiger partial charge in [0.1, 0.15) is 10.6 Å². The smallest absolute Gasteiger partial charge is 0.339 e. The molecule has 0 heterocycles. The normalized spacial score (nSPS) is 12.1. The summed E-state index contributed by atoms with van der Waals surface area (Å²) in [6, 6.07) is 11.0. The van der Waals surface area contributed by atoms with E-state index < -0.39 is 10.1 Å². The second kappa shape index (κ2) is 10.2. The van der Waals surface area contributed by atoms with Gasteiger partial charge >= 0.3 is 10.1 Å². The zero-order chi connectivity index (χ0) is 22.3. The maximum Gasteiger partial charge on any atom is 0.339 e. The highest BCUT2D eigenvalue weighted by molar-refractivity contribution is 7.87. The van der Waals surface area contributed by atoms with E-state index in [1.165, 1.54) is 24.3 Å². The van der Waals surface area contributed by atoms with Crippen molar-refractivity contribution in [1.29, 1.82) is 0 Å². The number of amides is 2. The molecule has 2 aromatic rings. The molecule has 30 heavy (non-hydrogen) atoms. The molecule has 0 saturated carbocycles. The highest BCUT2D eigenvalue weighted by atomic mass is 32.2. The molecule has 0 aliphatic carbocycles. The van der Waals surface area contributed by atoms with Crippen molar-refractivity contribution in [3.8, 4) is 5.75 Å². The quantitative estimate of drug-likeness (QED) is 0.593. The Morgan fingerprint density at radius 1 is 1.07 bits per heavy atom. The Hall–Kier alpha value is -2.87. The lowest BCUT2D eigenvalue weighted by molar-refractivity contribution is -0.121. The van der Waals surface area contributed by atoms with Crippen LogP contribution in [-0.4, -0.2) is 32.8 Å². The molecule has 2 amide bonds. The van der Waals surface area contributed by atoms with Crippen molar-refractivity contribution in [3.05, 3.63) is 59.2 Å². The Kier molecular flexibility index (Phi) is 8.00. The van der Waals surface area contributed by atoms with Crippen LogP contribution in [0.5, 0.6) is 5.75 Å². The molecule has 2 N–H and O–H groups in total. The van der Waals surface area contributed by atoms with Crippen LogP contribution >= 0.6 is 0 Å². The summed E-state index contributed by atoms with van der Waals surface area (Å²) in [7, 11) is -3.98. The highest BCUT2D eigenvalue weighted by Gasteiger charge is 2.19. The molecule has 0 aliphatic rings. The van der Waals surface area contributed by atoms with Crippen LogP contribution in [0, 0.1) is 13.8 Å². The van der Waals surface area contributed by atoms with Crippen LogP contribution in [-0.2, 0) is 14.9 Å². The van der Waals surface area contributed by atoms with Crippen LogP contribution < -0.4 is 14.8 Å². The Labute approximate surface area is 178 Å². The molecule has 2 aromatic carbocycles. The first-order valence-corrected chi connectivity index (χ1v) is 11.2. The molecule has 0 spiro atoms. The summed E-state index contributed by atoms with van der Waals surface area (Å²) in [5.41, 5.74) is 1.75. The lowest BCUT2D eigenvalue weighted by Crippen LogP contribution is -2.35. The highest BCUT2D eigenvalue weighted by Crippen LogP contribution is 2.22. The van der Waals surface area contributed by atoms with Gasteiger partial charge in [-0.1, -0.05) is 19.1 Å². The van der Waals surface area contributed by atoms with Crippen molar-refractivity contribution in [2.75, 3.05) is 6.54 Å². The maximum atomic E-state index is 12.6. The van der Waals surface area contributed by atoms with Crippen molar-refractivity contribution in [3.63, 3.8) is 0 Å². The summed E-state index contributed by atoms with van der Waals surface area (Å²) in [6.07, 6.45) is 1.02. The summed E-state index contributed by atoms with van der Waals surface area (Å²) in [4.78, 5) is 24.0. The first-order valence-electron chi connectivity index (χ1n) is 9.81. The van der Waals surface area contributed by atoms with E-state index in [-0.39, 0.29) is 41.5 Å². The molecule has 0 fully saturated rings. The van der Waals surface area contributed by atoms with Gasteiger partial charge in [-0.25, -0.2) is 0 Å². The number of hydrogen-bond donors (Lipinski definition) is 2. The van der Waals surface area contributed by atoms with Gasteiger partial charge < -0.3 is 14.8 Å². The van der Waals surface area contributed by atoms with Crippen LogP contribution in [0.1, 0.15) is 48.2 Å². The average Bonchev–Trinajstić information content (AvgIpc) is 2.69. The van der Waals surface area contributed by atoms with E-state index in [1.54, 1.807) is 26.0 Å². The van der Waals surface area contributed by atoms with Crippen molar-refractivity contribution in [2.24, 2.45) is 0 Å². The zero-order valence-corrected chi connectivity index (χ0v) is 18.5. The van der Waals surface area contributed by atoms with E-state index >= 15 is 0 Å². The molecule has 2 rings (SSSR count). The lowest BCUT2D eigenvalue weighted by Gasteiger charge is -2.12. The Bertz CT molecular complexity index is 1000. The molecule has 0 bridgehead atoms. The van der Waals surface area contributed by atoms with Crippen molar-refractivity contribution < 1.29 is 22.2 Å². The summed E-state index contributed by atoms with van der Waals surface area (Å²) >= 11 is 0. The fraction of sp³-hybridized carbons (Fsp3) is 0.364. The van der Waals surface area contributed by atoms with E-state index in [1.807, 2.05) is 19.9 Å². The average molecular weight is 433 g/mol. The fourth-order valence-corrected chi connectivity index (χ4v) is 3.90. The van der Waals surface area contributed by atoms with Gasteiger partial charge in [0.2, 0.25) is 5.91 Å². The first-order chi connectivity index (χ1) is 14.1. The maximum absolute atomic E-state index is 12.6. The van der Waals surface area contributed by atoms with Crippen molar-refractivity contribution in [1.82, 2.24) is 10.6 Å².